The predicted octanol–water partition coefficient (Wildman–Crippen LogP) is 6.27. The third kappa shape index (κ3) is 6.12. The van der Waals surface area contributed by atoms with Gasteiger partial charge in [0.05, 0.1) is 0 Å². The average Bonchev–Trinajstić information content (AvgIpc) is 2.88. The van der Waals surface area contributed by atoms with E-state index >= 15 is 0 Å². The number of halogens is 1. The molecule has 0 saturated carbocycles. The summed E-state index contributed by atoms with van der Waals surface area (Å²) >= 11 is 0. The number of nitrogens with zero attached hydrogens (tertiary/aromatic N) is 1. The smallest absolute Gasteiger partial charge is 0.251 e. The zero-order valence-electron chi connectivity index (χ0n) is 20.1. The van der Waals surface area contributed by atoms with Gasteiger partial charge in [0.2, 0.25) is 0 Å². The minimum atomic E-state index is -0.0524. The van der Waals surface area contributed by atoms with Crippen LogP contribution in [0.3, 0.4) is 0 Å². The number of hydrogen-bond acceptors (Lipinski definition) is 2. The summed E-state index contributed by atoms with van der Waals surface area (Å²) in [6.07, 6.45) is 5.88. The van der Waals surface area contributed by atoms with Gasteiger partial charge in [-0.25, -0.2) is 4.39 Å². The highest BCUT2D eigenvalue weighted by molar-refractivity contribution is 5.94. The molecule has 4 rings (SSSR count). The Morgan fingerprint density at radius 3 is 2.47 bits per heavy atom. The maximum atomic E-state index is 14.1. The van der Waals surface area contributed by atoms with E-state index in [0.29, 0.717) is 18.2 Å². The molecule has 3 aromatic carbocycles. The molecule has 34 heavy (non-hydrogen) atoms. The van der Waals surface area contributed by atoms with Gasteiger partial charge in [0.1, 0.15) is 5.82 Å². The summed E-state index contributed by atoms with van der Waals surface area (Å²) in [7, 11) is 0. The molecule has 1 N–H and O–H groups in total. The number of nitrogens with one attached hydrogen (secondary N) is 1. The van der Waals surface area contributed by atoms with Gasteiger partial charge < -0.3 is 10.2 Å². The molecule has 178 valence electrons. The van der Waals surface area contributed by atoms with Crippen LogP contribution in [0.25, 0.3) is 11.1 Å². The van der Waals surface area contributed by atoms with Gasteiger partial charge in [0.25, 0.3) is 5.91 Å². The molecule has 3 aromatic rings. The first kappa shape index (κ1) is 24.2. The molecule has 4 heteroatoms. The third-order valence-corrected chi connectivity index (χ3v) is 6.84. The highest BCUT2D eigenvalue weighted by Gasteiger charge is 2.25. The first-order valence-electron chi connectivity index (χ1n) is 12.6. The van der Waals surface area contributed by atoms with Gasteiger partial charge in [-0.2, -0.15) is 0 Å². The summed E-state index contributed by atoms with van der Waals surface area (Å²) in [6.45, 7) is 4.98. The summed E-state index contributed by atoms with van der Waals surface area (Å²) in [6, 6.07) is 23.9. The lowest BCUT2D eigenvalue weighted by Crippen LogP contribution is -2.40. The molecule has 1 amide bonds. The van der Waals surface area contributed by atoms with E-state index in [1.54, 1.807) is 6.07 Å². The van der Waals surface area contributed by atoms with Crippen molar-refractivity contribution in [1.29, 1.82) is 0 Å². The largest absolute Gasteiger partial charge is 0.352 e. The quantitative estimate of drug-likeness (QED) is 0.363. The summed E-state index contributed by atoms with van der Waals surface area (Å²) in [5.41, 5.74) is 5.04. The van der Waals surface area contributed by atoms with Crippen molar-refractivity contribution >= 4 is 5.91 Å². The Morgan fingerprint density at radius 2 is 1.71 bits per heavy atom. The lowest BCUT2D eigenvalue weighted by atomic mass is 9.87. The minimum absolute atomic E-state index is 0.0176. The third-order valence-electron chi connectivity index (χ3n) is 6.84. The number of carbonyl (C=O) groups is 1. The van der Waals surface area contributed by atoms with Crippen LogP contribution in [0, 0.1) is 5.82 Å². The Bertz CT molecular complexity index is 1060. The van der Waals surface area contributed by atoms with Crippen LogP contribution in [-0.4, -0.2) is 36.5 Å². The zero-order valence-corrected chi connectivity index (χ0v) is 20.1. The van der Waals surface area contributed by atoms with Gasteiger partial charge >= 0.3 is 0 Å². The van der Waals surface area contributed by atoms with E-state index in [1.807, 2.05) is 48.5 Å². The van der Waals surface area contributed by atoms with Crippen molar-refractivity contribution in [1.82, 2.24) is 10.2 Å². The molecule has 0 spiro atoms. The maximum Gasteiger partial charge on any atom is 0.251 e. The molecule has 0 saturated heterocycles. The Labute approximate surface area is 203 Å². The Hall–Kier alpha value is -2.98. The van der Waals surface area contributed by atoms with E-state index < -0.39 is 0 Å². The van der Waals surface area contributed by atoms with Crippen LogP contribution in [0.2, 0.25) is 0 Å². The zero-order chi connectivity index (χ0) is 23.8. The van der Waals surface area contributed by atoms with Crippen molar-refractivity contribution < 1.29 is 9.18 Å². The number of unbranched alkanes of at least 4 members (excludes halogenated alkanes) is 1. The van der Waals surface area contributed by atoms with Gasteiger partial charge in [-0.3, -0.25) is 4.79 Å². The highest BCUT2D eigenvalue weighted by atomic mass is 19.1. The summed E-state index contributed by atoms with van der Waals surface area (Å²) < 4.78 is 14.1. The molecule has 0 radical (unpaired) electrons. The number of benzene rings is 3. The van der Waals surface area contributed by atoms with Crippen molar-refractivity contribution in [2.45, 2.75) is 51.5 Å². The first-order valence-corrected chi connectivity index (χ1v) is 12.6. The fraction of sp³-hybridized carbons (Fsp3) is 0.367. The number of fused-ring (bicyclic) bond motifs is 1. The van der Waals surface area contributed by atoms with Crippen molar-refractivity contribution in [2.75, 3.05) is 19.6 Å². The van der Waals surface area contributed by atoms with E-state index in [9.17, 15) is 9.18 Å². The lowest BCUT2D eigenvalue weighted by Gasteiger charge is -2.35. The molecule has 3 nitrogen and oxygen atoms in total. The molecule has 1 atom stereocenters. The van der Waals surface area contributed by atoms with Crippen LogP contribution in [-0.2, 0) is 12.8 Å². The second-order valence-corrected chi connectivity index (χ2v) is 9.22. The number of carbonyl (C=O) groups excluding carboxylic acids is 1. The van der Waals surface area contributed by atoms with Crippen LogP contribution in [0.15, 0.2) is 72.8 Å². The molecule has 0 heterocycles. The SMILES string of the molecule is CCCN(CCCCNC(=O)c1ccc(-c2ccccc2)cc1)C1CCc2c(F)cccc2C1. The van der Waals surface area contributed by atoms with Crippen LogP contribution < -0.4 is 5.32 Å². The molecule has 0 fully saturated rings. The van der Waals surface area contributed by atoms with Crippen molar-refractivity contribution in [3.63, 3.8) is 0 Å². The van der Waals surface area contributed by atoms with Gasteiger partial charge in [0, 0.05) is 18.2 Å². The summed E-state index contributed by atoms with van der Waals surface area (Å²) in [4.78, 5) is 15.1. The molecular formula is C30H35FN2O. The Morgan fingerprint density at radius 1 is 0.941 bits per heavy atom. The molecule has 1 aliphatic carbocycles. The Balaban J connectivity index is 1.22. The number of rotatable bonds is 10. The van der Waals surface area contributed by atoms with E-state index in [4.69, 9.17) is 0 Å². The standard InChI is InChI=1S/C30H35FN2O/c1-2-20-33(27-17-18-28-26(22-27)11-8-12-29(28)31)21-7-6-19-32-30(34)25-15-13-24(14-16-25)23-9-4-3-5-10-23/h3-5,8-16,27H,2,6-7,17-22H2,1H3,(H,32,34). The van der Waals surface area contributed by atoms with Crippen molar-refractivity contribution in [3.05, 3.63) is 95.3 Å². The summed E-state index contributed by atoms with van der Waals surface area (Å²) in [5.74, 6) is -0.0700. The second kappa shape index (κ2) is 11.9. The normalized spacial score (nSPS) is 15.2. The topological polar surface area (TPSA) is 32.3 Å². The molecule has 1 aliphatic rings. The number of amides is 1. The lowest BCUT2D eigenvalue weighted by molar-refractivity contribution is 0.0952. The van der Waals surface area contributed by atoms with Crippen molar-refractivity contribution in [3.8, 4) is 11.1 Å². The van der Waals surface area contributed by atoms with Gasteiger partial charge in [-0.15, -0.1) is 0 Å². The molecule has 0 aromatic heterocycles. The fourth-order valence-corrected chi connectivity index (χ4v) is 5.01. The number of hydrogen-bond donors (Lipinski definition) is 1. The molecule has 1 unspecified atom stereocenters. The Kier molecular flexibility index (Phi) is 8.48. The fourth-order valence-electron chi connectivity index (χ4n) is 5.01. The van der Waals surface area contributed by atoms with Gasteiger partial charge in [-0.05, 0) is 92.1 Å². The second-order valence-electron chi connectivity index (χ2n) is 9.22. The van der Waals surface area contributed by atoms with Gasteiger partial charge in [-0.1, -0.05) is 61.5 Å². The van der Waals surface area contributed by atoms with Crippen molar-refractivity contribution in [2.24, 2.45) is 0 Å². The highest BCUT2D eigenvalue weighted by Crippen LogP contribution is 2.27. The van der Waals surface area contributed by atoms with Gasteiger partial charge in [0.15, 0.2) is 0 Å². The van der Waals surface area contributed by atoms with E-state index in [2.05, 4.69) is 35.3 Å². The molecule has 0 bridgehead atoms. The van der Waals surface area contributed by atoms with Crippen LogP contribution >= 0.6 is 0 Å². The monoisotopic (exact) mass is 458 g/mol. The minimum Gasteiger partial charge on any atom is -0.352 e. The predicted molar refractivity (Wildman–Crippen MR) is 138 cm³/mol. The molecular weight excluding hydrogens is 423 g/mol. The maximum absolute atomic E-state index is 14.1. The van der Waals surface area contributed by atoms with Crippen LogP contribution in [0.1, 0.15) is 54.1 Å². The first-order chi connectivity index (χ1) is 16.7. The van der Waals surface area contributed by atoms with E-state index in [0.717, 1.165) is 68.3 Å². The average molecular weight is 459 g/mol. The van der Waals surface area contributed by atoms with E-state index in [-0.39, 0.29) is 11.7 Å². The van der Waals surface area contributed by atoms with Crippen LogP contribution in [0.5, 0.6) is 0 Å². The van der Waals surface area contributed by atoms with Crippen LogP contribution in [0.4, 0.5) is 4.39 Å². The molecule has 0 aliphatic heterocycles. The summed E-state index contributed by atoms with van der Waals surface area (Å²) in [5, 5.41) is 3.06. The van der Waals surface area contributed by atoms with E-state index in [1.165, 1.54) is 5.56 Å².